The van der Waals surface area contributed by atoms with Gasteiger partial charge in [0, 0.05) is 19.6 Å². The van der Waals surface area contributed by atoms with Crippen molar-refractivity contribution in [1.29, 1.82) is 0 Å². The summed E-state index contributed by atoms with van der Waals surface area (Å²) in [6, 6.07) is 0. The molecule has 0 aromatic rings. The number of guanidine groups is 1. The van der Waals surface area contributed by atoms with Gasteiger partial charge < -0.3 is 15.5 Å². The predicted molar refractivity (Wildman–Crippen MR) is 68.6 cm³/mol. The molecule has 0 unspecified atom stereocenters. The number of terminal acetylenes is 1. The first-order chi connectivity index (χ1) is 8.27. The zero-order valence-electron chi connectivity index (χ0n) is 10.3. The molecule has 17 heavy (non-hydrogen) atoms. The first-order valence-electron chi connectivity index (χ1n) is 6.01. The highest BCUT2D eigenvalue weighted by molar-refractivity contribution is 5.85. The van der Waals surface area contributed by atoms with Crippen LogP contribution in [0, 0.1) is 12.3 Å². The van der Waals surface area contributed by atoms with Gasteiger partial charge in [-0.2, -0.15) is 0 Å². The van der Waals surface area contributed by atoms with Crippen LogP contribution in [0.25, 0.3) is 0 Å². The fourth-order valence-corrected chi connectivity index (χ4v) is 1.69. The van der Waals surface area contributed by atoms with Gasteiger partial charge >= 0.3 is 0 Å². The fourth-order valence-electron chi connectivity index (χ4n) is 1.69. The minimum atomic E-state index is 0.0837. The average Bonchev–Trinajstić information content (AvgIpc) is 2.86. The molecule has 5 nitrogen and oxygen atoms in total. The highest BCUT2D eigenvalue weighted by Crippen LogP contribution is 2.07. The van der Waals surface area contributed by atoms with Gasteiger partial charge in [0.2, 0.25) is 5.91 Å². The van der Waals surface area contributed by atoms with E-state index in [1.807, 2.05) is 11.8 Å². The summed E-state index contributed by atoms with van der Waals surface area (Å²) in [7, 11) is 0. The van der Waals surface area contributed by atoms with Crippen molar-refractivity contribution < 1.29 is 4.79 Å². The summed E-state index contributed by atoms with van der Waals surface area (Å²) in [4.78, 5) is 17.8. The SMILES string of the molecule is C#CCNC(=NCC(=O)N1CCCC1)NCC. The molecule has 0 atom stereocenters. The number of nitrogens with zero attached hydrogens (tertiary/aromatic N) is 2. The molecule has 1 fully saturated rings. The van der Waals surface area contributed by atoms with E-state index in [1.54, 1.807) is 0 Å². The Labute approximate surface area is 103 Å². The zero-order chi connectivity index (χ0) is 12.5. The minimum Gasteiger partial charge on any atom is -0.357 e. The second-order valence-electron chi connectivity index (χ2n) is 3.84. The fraction of sp³-hybridized carbons (Fsp3) is 0.667. The lowest BCUT2D eigenvalue weighted by Gasteiger charge is -2.14. The maximum Gasteiger partial charge on any atom is 0.244 e. The molecule has 5 heteroatoms. The van der Waals surface area contributed by atoms with E-state index in [2.05, 4.69) is 21.5 Å². The van der Waals surface area contributed by atoms with Crippen LogP contribution >= 0.6 is 0 Å². The molecule has 1 aliphatic rings. The molecule has 94 valence electrons. The molecule has 2 N–H and O–H groups in total. The van der Waals surface area contributed by atoms with Gasteiger partial charge in [-0.1, -0.05) is 5.92 Å². The molecule has 1 rings (SSSR count). The number of rotatable bonds is 4. The smallest absolute Gasteiger partial charge is 0.244 e. The third-order valence-corrected chi connectivity index (χ3v) is 2.53. The quantitative estimate of drug-likeness (QED) is 0.404. The number of carbonyl (C=O) groups is 1. The molecule has 0 aliphatic carbocycles. The Morgan fingerprint density at radius 2 is 2.12 bits per heavy atom. The molecule has 0 radical (unpaired) electrons. The molecular formula is C12H20N4O. The van der Waals surface area contributed by atoms with Gasteiger partial charge in [-0.3, -0.25) is 4.79 Å². The second-order valence-corrected chi connectivity index (χ2v) is 3.84. The maximum absolute atomic E-state index is 11.8. The lowest BCUT2D eigenvalue weighted by molar-refractivity contribution is -0.128. The van der Waals surface area contributed by atoms with E-state index in [9.17, 15) is 4.79 Å². The van der Waals surface area contributed by atoms with Gasteiger partial charge in [0.1, 0.15) is 6.54 Å². The van der Waals surface area contributed by atoms with Crippen LogP contribution in [0.2, 0.25) is 0 Å². The van der Waals surface area contributed by atoms with Crippen LogP contribution in [-0.4, -0.2) is 49.5 Å². The van der Waals surface area contributed by atoms with E-state index in [0.717, 1.165) is 32.5 Å². The third kappa shape index (κ3) is 4.77. The van der Waals surface area contributed by atoms with E-state index in [4.69, 9.17) is 6.42 Å². The number of hydrogen-bond acceptors (Lipinski definition) is 2. The average molecular weight is 236 g/mol. The van der Waals surface area contributed by atoms with Gasteiger partial charge in [0.15, 0.2) is 5.96 Å². The van der Waals surface area contributed by atoms with E-state index < -0.39 is 0 Å². The molecule has 0 saturated carbocycles. The van der Waals surface area contributed by atoms with Crippen LogP contribution in [0.5, 0.6) is 0 Å². The molecular weight excluding hydrogens is 216 g/mol. The lowest BCUT2D eigenvalue weighted by Crippen LogP contribution is -2.39. The number of likely N-dealkylation sites (tertiary alicyclic amines) is 1. The van der Waals surface area contributed by atoms with Gasteiger partial charge in [-0.05, 0) is 19.8 Å². The van der Waals surface area contributed by atoms with Crippen LogP contribution in [0.3, 0.4) is 0 Å². The van der Waals surface area contributed by atoms with E-state index >= 15 is 0 Å². The largest absolute Gasteiger partial charge is 0.357 e. The number of aliphatic imine (C=N–C) groups is 1. The Hall–Kier alpha value is -1.70. The standard InChI is InChI=1S/C12H20N4O/c1-3-7-14-12(13-4-2)15-10-11(17)16-8-5-6-9-16/h1H,4-10H2,2H3,(H2,13,14,15). The molecule has 1 aliphatic heterocycles. The molecule has 0 bridgehead atoms. The van der Waals surface area contributed by atoms with Crippen molar-refractivity contribution in [2.24, 2.45) is 4.99 Å². The Kier molecular flexibility index (Phi) is 5.94. The first-order valence-corrected chi connectivity index (χ1v) is 6.01. The van der Waals surface area contributed by atoms with E-state index in [-0.39, 0.29) is 12.5 Å². The summed E-state index contributed by atoms with van der Waals surface area (Å²) >= 11 is 0. The third-order valence-electron chi connectivity index (χ3n) is 2.53. The molecule has 0 aromatic heterocycles. The molecule has 1 heterocycles. The van der Waals surface area contributed by atoms with Crippen LogP contribution in [0.4, 0.5) is 0 Å². The Bertz CT molecular complexity index is 313. The van der Waals surface area contributed by atoms with Crippen molar-refractivity contribution >= 4 is 11.9 Å². The van der Waals surface area contributed by atoms with E-state index in [1.165, 1.54) is 0 Å². The molecule has 1 amide bonds. The van der Waals surface area contributed by atoms with Gasteiger partial charge in [0.05, 0.1) is 6.54 Å². The number of nitrogens with one attached hydrogen (secondary N) is 2. The first kappa shape index (κ1) is 13.4. The highest BCUT2D eigenvalue weighted by Gasteiger charge is 2.17. The maximum atomic E-state index is 11.8. The number of hydrogen-bond donors (Lipinski definition) is 2. The minimum absolute atomic E-state index is 0.0837. The molecule has 0 spiro atoms. The van der Waals surface area contributed by atoms with Gasteiger partial charge in [-0.15, -0.1) is 6.42 Å². The van der Waals surface area contributed by atoms with Gasteiger partial charge in [0.25, 0.3) is 0 Å². The van der Waals surface area contributed by atoms with Crippen LogP contribution in [0.1, 0.15) is 19.8 Å². The Balaban J connectivity index is 2.41. The van der Waals surface area contributed by atoms with Crippen molar-refractivity contribution in [2.45, 2.75) is 19.8 Å². The summed E-state index contributed by atoms with van der Waals surface area (Å²) in [6.07, 6.45) is 7.36. The van der Waals surface area contributed by atoms with Crippen molar-refractivity contribution in [2.75, 3.05) is 32.7 Å². The van der Waals surface area contributed by atoms with E-state index in [0.29, 0.717) is 12.5 Å². The summed E-state index contributed by atoms with van der Waals surface area (Å²) in [5, 5.41) is 5.98. The Morgan fingerprint density at radius 1 is 1.41 bits per heavy atom. The molecule has 0 aromatic carbocycles. The van der Waals surface area contributed by atoms with Crippen LogP contribution in [-0.2, 0) is 4.79 Å². The summed E-state index contributed by atoms with van der Waals surface area (Å²) in [5.74, 6) is 3.15. The number of amides is 1. The number of carbonyl (C=O) groups excluding carboxylic acids is 1. The molecule has 1 saturated heterocycles. The van der Waals surface area contributed by atoms with Crippen LogP contribution in [0.15, 0.2) is 4.99 Å². The predicted octanol–water partition coefficient (Wildman–Crippen LogP) is -0.203. The normalized spacial score (nSPS) is 15.5. The van der Waals surface area contributed by atoms with Crippen molar-refractivity contribution in [3.8, 4) is 12.3 Å². The van der Waals surface area contributed by atoms with Crippen molar-refractivity contribution in [3.63, 3.8) is 0 Å². The van der Waals surface area contributed by atoms with Crippen molar-refractivity contribution in [1.82, 2.24) is 15.5 Å². The van der Waals surface area contributed by atoms with Crippen molar-refractivity contribution in [3.05, 3.63) is 0 Å². The lowest BCUT2D eigenvalue weighted by atomic mass is 10.4. The summed E-state index contributed by atoms with van der Waals surface area (Å²) in [6.45, 7) is 5.03. The summed E-state index contributed by atoms with van der Waals surface area (Å²) in [5.41, 5.74) is 0. The summed E-state index contributed by atoms with van der Waals surface area (Å²) < 4.78 is 0. The zero-order valence-corrected chi connectivity index (χ0v) is 10.3. The second kappa shape index (κ2) is 7.55. The monoisotopic (exact) mass is 236 g/mol. The Morgan fingerprint density at radius 3 is 2.71 bits per heavy atom. The van der Waals surface area contributed by atoms with Crippen LogP contribution < -0.4 is 10.6 Å². The topological polar surface area (TPSA) is 56.7 Å². The van der Waals surface area contributed by atoms with Gasteiger partial charge in [-0.25, -0.2) is 4.99 Å². The highest BCUT2D eigenvalue weighted by atomic mass is 16.2.